The van der Waals surface area contributed by atoms with Gasteiger partial charge >= 0.3 is 0 Å². The second-order valence-electron chi connectivity index (χ2n) is 5.04. The molecule has 1 unspecified atom stereocenters. The predicted octanol–water partition coefficient (Wildman–Crippen LogP) is 2.77. The molecular formula is C14H21NO2. The molecule has 1 aromatic carbocycles. The molecule has 0 heterocycles. The average Bonchev–Trinajstić information content (AvgIpc) is 2.84. The van der Waals surface area contributed by atoms with E-state index >= 15 is 0 Å². The summed E-state index contributed by atoms with van der Waals surface area (Å²) in [6.45, 7) is 2.97. The molecule has 0 spiro atoms. The van der Waals surface area contributed by atoms with E-state index in [2.05, 4.69) is 12.2 Å². The molecule has 3 heteroatoms. The molecule has 0 saturated heterocycles. The van der Waals surface area contributed by atoms with Crippen molar-refractivity contribution in [2.75, 3.05) is 0 Å². The SMILES string of the molecule is CC(NCc1ccc(O)c(O)c1)C1CCCC1. The molecule has 1 aliphatic carbocycles. The molecule has 0 amide bonds. The fourth-order valence-electron chi connectivity index (χ4n) is 2.58. The van der Waals surface area contributed by atoms with Crippen LogP contribution >= 0.6 is 0 Å². The summed E-state index contributed by atoms with van der Waals surface area (Å²) in [7, 11) is 0. The van der Waals surface area contributed by atoms with Gasteiger partial charge in [0, 0.05) is 12.6 Å². The van der Waals surface area contributed by atoms with Gasteiger partial charge in [-0.25, -0.2) is 0 Å². The number of phenols is 2. The van der Waals surface area contributed by atoms with Crippen LogP contribution in [0.25, 0.3) is 0 Å². The van der Waals surface area contributed by atoms with Crippen molar-refractivity contribution in [2.24, 2.45) is 5.92 Å². The van der Waals surface area contributed by atoms with E-state index in [0.29, 0.717) is 6.04 Å². The Balaban J connectivity index is 1.86. The highest BCUT2D eigenvalue weighted by atomic mass is 16.3. The van der Waals surface area contributed by atoms with Gasteiger partial charge in [-0.2, -0.15) is 0 Å². The van der Waals surface area contributed by atoms with Crippen molar-refractivity contribution >= 4 is 0 Å². The second-order valence-corrected chi connectivity index (χ2v) is 5.04. The summed E-state index contributed by atoms with van der Waals surface area (Å²) >= 11 is 0. The minimum absolute atomic E-state index is 0.0437. The third-order valence-electron chi connectivity index (χ3n) is 3.77. The number of hydrogen-bond donors (Lipinski definition) is 3. The summed E-state index contributed by atoms with van der Waals surface area (Å²) in [6.07, 6.45) is 5.37. The van der Waals surface area contributed by atoms with Gasteiger partial charge in [0.1, 0.15) is 0 Å². The molecule has 1 fully saturated rings. The number of benzene rings is 1. The molecular weight excluding hydrogens is 214 g/mol. The Kier molecular flexibility index (Phi) is 3.89. The highest BCUT2D eigenvalue weighted by Gasteiger charge is 2.20. The maximum atomic E-state index is 9.40. The Morgan fingerprint density at radius 2 is 1.94 bits per heavy atom. The van der Waals surface area contributed by atoms with Crippen LogP contribution < -0.4 is 5.32 Å². The summed E-state index contributed by atoms with van der Waals surface area (Å²) in [5.41, 5.74) is 1.00. The van der Waals surface area contributed by atoms with E-state index in [4.69, 9.17) is 0 Å². The molecule has 17 heavy (non-hydrogen) atoms. The zero-order chi connectivity index (χ0) is 12.3. The molecule has 0 aliphatic heterocycles. The Morgan fingerprint density at radius 3 is 2.59 bits per heavy atom. The van der Waals surface area contributed by atoms with Gasteiger partial charge < -0.3 is 15.5 Å². The van der Waals surface area contributed by atoms with Gasteiger partial charge in [0.25, 0.3) is 0 Å². The molecule has 0 bridgehead atoms. The number of hydrogen-bond acceptors (Lipinski definition) is 3. The average molecular weight is 235 g/mol. The van der Waals surface area contributed by atoms with E-state index in [1.165, 1.54) is 31.7 Å². The van der Waals surface area contributed by atoms with Gasteiger partial charge in [-0.3, -0.25) is 0 Å². The van der Waals surface area contributed by atoms with E-state index in [1.54, 1.807) is 6.07 Å². The third-order valence-corrected chi connectivity index (χ3v) is 3.77. The first-order chi connectivity index (χ1) is 8.16. The Morgan fingerprint density at radius 1 is 1.24 bits per heavy atom. The molecule has 0 radical (unpaired) electrons. The van der Waals surface area contributed by atoms with Gasteiger partial charge in [0.05, 0.1) is 0 Å². The number of aromatic hydroxyl groups is 2. The first-order valence-corrected chi connectivity index (χ1v) is 6.41. The van der Waals surface area contributed by atoms with E-state index in [9.17, 15) is 10.2 Å². The molecule has 2 rings (SSSR count). The Bertz CT molecular complexity index is 372. The minimum Gasteiger partial charge on any atom is -0.504 e. The van der Waals surface area contributed by atoms with Crippen molar-refractivity contribution in [3.05, 3.63) is 23.8 Å². The van der Waals surface area contributed by atoms with Crippen LogP contribution in [0.2, 0.25) is 0 Å². The minimum atomic E-state index is -0.0578. The summed E-state index contributed by atoms with van der Waals surface area (Å²) in [5, 5.41) is 22.1. The molecule has 3 nitrogen and oxygen atoms in total. The maximum Gasteiger partial charge on any atom is 0.157 e. The van der Waals surface area contributed by atoms with E-state index < -0.39 is 0 Å². The molecule has 0 aromatic heterocycles. The van der Waals surface area contributed by atoms with E-state index in [-0.39, 0.29) is 11.5 Å². The first-order valence-electron chi connectivity index (χ1n) is 6.41. The van der Waals surface area contributed by atoms with Gasteiger partial charge in [-0.1, -0.05) is 18.9 Å². The van der Waals surface area contributed by atoms with Crippen molar-refractivity contribution in [2.45, 2.75) is 45.2 Å². The zero-order valence-electron chi connectivity index (χ0n) is 10.3. The summed E-state index contributed by atoms with van der Waals surface area (Å²) < 4.78 is 0. The lowest BCUT2D eigenvalue weighted by Crippen LogP contribution is -2.31. The molecule has 94 valence electrons. The quantitative estimate of drug-likeness (QED) is 0.703. The normalized spacial score (nSPS) is 18.4. The molecule has 3 N–H and O–H groups in total. The lowest BCUT2D eigenvalue weighted by molar-refractivity contribution is 0.378. The topological polar surface area (TPSA) is 52.5 Å². The van der Waals surface area contributed by atoms with E-state index in [0.717, 1.165) is 18.0 Å². The van der Waals surface area contributed by atoms with Crippen molar-refractivity contribution in [1.29, 1.82) is 0 Å². The first kappa shape index (κ1) is 12.2. The standard InChI is InChI=1S/C14H21NO2/c1-10(12-4-2-3-5-12)15-9-11-6-7-13(16)14(17)8-11/h6-8,10,12,15-17H,2-5,9H2,1H3. The largest absolute Gasteiger partial charge is 0.504 e. The van der Waals surface area contributed by atoms with Gasteiger partial charge in [-0.05, 0) is 43.4 Å². The van der Waals surface area contributed by atoms with Crippen molar-refractivity contribution in [1.82, 2.24) is 5.32 Å². The smallest absolute Gasteiger partial charge is 0.157 e. The summed E-state index contributed by atoms with van der Waals surface area (Å²) in [6, 6.07) is 5.51. The number of nitrogens with one attached hydrogen (secondary N) is 1. The van der Waals surface area contributed by atoms with Crippen LogP contribution in [0, 0.1) is 5.92 Å². The number of phenolic OH excluding ortho intramolecular Hbond substituents is 2. The van der Waals surface area contributed by atoms with Crippen LogP contribution in [0.4, 0.5) is 0 Å². The number of rotatable bonds is 4. The Hall–Kier alpha value is -1.22. The van der Waals surface area contributed by atoms with Crippen LogP contribution in [0.3, 0.4) is 0 Å². The van der Waals surface area contributed by atoms with Crippen LogP contribution in [-0.2, 0) is 6.54 Å². The second kappa shape index (κ2) is 5.41. The van der Waals surface area contributed by atoms with Crippen molar-refractivity contribution in [3.8, 4) is 11.5 Å². The van der Waals surface area contributed by atoms with Gasteiger partial charge in [-0.15, -0.1) is 0 Å². The fourth-order valence-corrected chi connectivity index (χ4v) is 2.58. The van der Waals surface area contributed by atoms with Crippen LogP contribution in [0.5, 0.6) is 11.5 Å². The molecule has 1 saturated carbocycles. The molecule has 1 aliphatic rings. The lowest BCUT2D eigenvalue weighted by Gasteiger charge is -2.20. The van der Waals surface area contributed by atoms with Crippen molar-refractivity contribution in [3.63, 3.8) is 0 Å². The maximum absolute atomic E-state index is 9.40. The summed E-state index contributed by atoms with van der Waals surface area (Å²) in [4.78, 5) is 0. The van der Waals surface area contributed by atoms with Crippen molar-refractivity contribution < 1.29 is 10.2 Å². The molecule has 1 aromatic rings. The third kappa shape index (κ3) is 3.13. The van der Waals surface area contributed by atoms with Gasteiger partial charge in [0.15, 0.2) is 11.5 Å². The monoisotopic (exact) mass is 235 g/mol. The predicted molar refractivity (Wildman–Crippen MR) is 68.0 cm³/mol. The Labute approximate surface area is 102 Å². The fraction of sp³-hybridized carbons (Fsp3) is 0.571. The lowest BCUT2D eigenvalue weighted by atomic mass is 9.99. The zero-order valence-corrected chi connectivity index (χ0v) is 10.3. The molecule has 1 atom stereocenters. The summed E-state index contributed by atoms with van der Waals surface area (Å²) in [5.74, 6) is 0.691. The highest BCUT2D eigenvalue weighted by molar-refractivity contribution is 5.40. The van der Waals surface area contributed by atoms with Crippen LogP contribution in [0.15, 0.2) is 18.2 Å². The highest BCUT2D eigenvalue weighted by Crippen LogP contribution is 2.28. The van der Waals surface area contributed by atoms with Crippen LogP contribution in [0.1, 0.15) is 38.2 Å². The van der Waals surface area contributed by atoms with Crippen LogP contribution in [-0.4, -0.2) is 16.3 Å². The van der Waals surface area contributed by atoms with E-state index in [1.807, 2.05) is 6.07 Å². The van der Waals surface area contributed by atoms with Gasteiger partial charge in [0.2, 0.25) is 0 Å².